The Morgan fingerprint density at radius 2 is 1.61 bits per heavy atom. The number of carbonyl (C=O) groups is 1. The lowest BCUT2D eigenvalue weighted by Gasteiger charge is -2.25. The Labute approximate surface area is 165 Å². The second-order valence-corrected chi connectivity index (χ2v) is 6.81. The molecule has 0 radical (unpaired) electrons. The number of benzene rings is 2. The molecule has 2 aromatic carbocycles. The molecule has 0 bridgehead atoms. The van der Waals surface area contributed by atoms with E-state index < -0.39 is 0 Å². The average molecular weight is 375 g/mol. The number of nitrogens with zero attached hydrogens (tertiary/aromatic N) is 3. The summed E-state index contributed by atoms with van der Waals surface area (Å²) < 4.78 is 0. The van der Waals surface area contributed by atoms with Crippen LogP contribution in [0.1, 0.15) is 16.1 Å². The minimum atomic E-state index is -0.277. The Bertz CT molecular complexity index is 866. The zero-order chi connectivity index (χ0) is 19.8. The van der Waals surface area contributed by atoms with Crippen molar-refractivity contribution in [3.63, 3.8) is 0 Å². The highest BCUT2D eigenvalue weighted by molar-refractivity contribution is 6.02. The summed E-state index contributed by atoms with van der Waals surface area (Å²) in [5.41, 5.74) is 2.30. The first-order chi connectivity index (χ1) is 13.6. The monoisotopic (exact) mass is 375 g/mol. The first-order valence-corrected chi connectivity index (χ1v) is 9.26. The first kappa shape index (κ1) is 19.5. The smallest absolute Gasteiger partial charge is 0.276 e. The van der Waals surface area contributed by atoms with Crippen molar-refractivity contribution in [2.75, 3.05) is 31.3 Å². The fourth-order valence-corrected chi connectivity index (χ4v) is 2.81. The third-order valence-corrected chi connectivity index (χ3v) is 4.49. The number of amides is 1. The molecule has 3 aromatic rings. The lowest BCUT2D eigenvalue weighted by atomic mass is 10.1. The van der Waals surface area contributed by atoms with Gasteiger partial charge in [0.05, 0.1) is 0 Å². The average Bonchev–Trinajstić information content (AvgIpc) is 2.73. The van der Waals surface area contributed by atoms with Crippen LogP contribution in [0.15, 0.2) is 72.8 Å². The van der Waals surface area contributed by atoms with Gasteiger partial charge in [-0.05, 0) is 50.3 Å². The van der Waals surface area contributed by atoms with E-state index in [-0.39, 0.29) is 11.6 Å². The number of hydrogen-bond acceptors (Lipinski definition) is 5. The van der Waals surface area contributed by atoms with Crippen molar-refractivity contribution in [2.45, 2.75) is 12.5 Å². The normalized spacial score (nSPS) is 11.8. The van der Waals surface area contributed by atoms with Crippen LogP contribution in [0.2, 0.25) is 0 Å². The molecular weight excluding hydrogens is 350 g/mol. The van der Waals surface area contributed by atoms with Crippen molar-refractivity contribution in [1.82, 2.24) is 15.1 Å². The molecule has 0 aliphatic rings. The van der Waals surface area contributed by atoms with Gasteiger partial charge >= 0.3 is 0 Å². The van der Waals surface area contributed by atoms with Crippen LogP contribution in [-0.2, 0) is 6.42 Å². The topological polar surface area (TPSA) is 70.2 Å². The zero-order valence-electron chi connectivity index (χ0n) is 16.2. The predicted octanol–water partition coefficient (Wildman–Crippen LogP) is 3.31. The quantitative estimate of drug-likeness (QED) is 0.632. The lowest BCUT2D eigenvalue weighted by molar-refractivity contribution is 0.102. The van der Waals surface area contributed by atoms with Crippen LogP contribution in [0.5, 0.6) is 0 Å². The summed E-state index contributed by atoms with van der Waals surface area (Å²) in [5, 5.41) is 14.3. The fourth-order valence-electron chi connectivity index (χ4n) is 2.81. The Morgan fingerprint density at radius 3 is 2.21 bits per heavy atom. The highest BCUT2D eigenvalue weighted by atomic mass is 16.1. The predicted molar refractivity (Wildman–Crippen MR) is 113 cm³/mol. The summed E-state index contributed by atoms with van der Waals surface area (Å²) in [5.74, 6) is 0.372. The zero-order valence-corrected chi connectivity index (χ0v) is 16.2. The Kier molecular flexibility index (Phi) is 6.70. The van der Waals surface area contributed by atoms with Gasteiger partial charge in [0.15, 0.2) is 5.69 Å². The number of rotatable bonds is 8. The summed E-state index contributed by atoms with van der Waals surface area (Å²) in [6.07, 6.45) is 0.936. The van der Waals surface area contributed by atoms with Crippen LogP contribution in [0.4, 0.5) is 11.5 Å². The van der Waals surface area contributed by atoms with E-state index in [1.807, 2.05) is 36.4 Å². The molecule has 0 aliphatic heterocycles. The number of aromatic nitrogens is 2. The lowest BCUT2D eigenvalue weighted by Crippen LogP contribution is -2.36. The van der Waals surface area contributed by atoms with E-state index >= 15 is 0 Å². The summed E-state index contributed by atoms with van der Waals surface area (Å²) in [4.78, 5) is 14.4. The van der Waals surface area contributed by atoms with Crippen LogP contribution < -0.4 is 10.6 Å². The Balaban J connectivity index is 1.56. The van der Waals surface area contributed by atoms with Crippen LogP contribution >= 0.6 is 0 Å². The molecule has 0 aliphatic carbocycles. The fraction of sp³-hybridized carbons (Fsp3) is 0.227. The van der Waals surface area contributed by atoms with Crippen molar-refractivity contribution in [3.8, 4) is 0 Å². The first-order valence-electron chi connectivity index (χ1n) is 9.26. The van der Waals surface area contributed by atoms with Crippen LogP contribution in [-0.4, -0.2) is 47.7 Å². The van der Waals surface area contributed by atoms with Crippen molar-refractivity contribution >= 4 is 17.4 Å². The van der Waals surface area contributed by atoms with Gasteiger partial charge in [-0.25, -0.2) is 0 Å². The molecule has 2 N–H and O–H groups in total. The molecule has 3 rings (SSSR count). The van der Waals surface area contributed by atoms with E-state index in [1.165, 1.54) is 5.56 Å². The number of carbonyl (C=O) groups excluding carboxylic acids is 1. The van der Waals surface area contributed by atoms with Crippen molar-refractivity contribution in [1.29, 1.82) is 0 Å². The summed E-state index contributed by atoms with van der Waals surface area (Å²) in [6.45, 7) is 0.728. The van der Waals surface area contributed by atoms with E-state index in [4.69, 9.17) is 0 Å². The van der Waals surface area contributed by atoms with Crippen LogP contribution in [0.3, 0.4) is 0 Å². The summed E-state index contributed by atoms with van der Waals surface area (Å²) in [6, 6.07) is 23.5. The van der Waals surface area contributed by atoms with Gasteiger partial charge in [0.2, 0.25) is 0 Å². The minimum Gasteiger partial charge on any atom is -0.367 e. The van der Waals surface area contributed by atoms with Crippen molar-refractivity contribution < 1.29 is 4.79 Å². The largest absolute Gasteiger partial charge is 0.367 e. The van der Waals surface area contributed by atoms with Gasteiger partial charge < -0.3 is 15.5 Å². The maximum absolute atomic E-state index is 12.2. The van der Waals surface area contributed by atoms with Gasteiger partial charge in [-0.15, -0.1) is 10.2 Å². The van der Waals surface area contributed by atoms with Crippen LogP contribution in [0, 0.1) is 0 Å². The molecule has 1 unspecified atom stereocenters. The number of anilines is 2. The van der Waals surface area contributed by atoms with Gasteiger partial charge in [0.1, 0.15) is 5.82 Å². The molecule has 1 atom stereocenters. The molecule has 1 amide bonds. The maximum atomic E-state index is 12.2. The molecule has 0 fully saturated rings. The van der Waals surface area contributed by atoms with E-state index in [9.17, 15) is 4.79 Å². The van der Waals surface area contributed by atoms with Gasteiger partial charge in [0, 0.05) is 18.3 Å². The van der Waals surface area contributed by atoms with Crippen molar-refractivity contribution in [3.05, 3.63) is 84.1 Å². The Hall–Kier alpha value is -3.25. The third-order valence-electron chi connectivity index (χ3n) is 4.49. The summed E-state index contributed by atoms with van der Waals surface area (Å²) >= 11 is 0. The second kappa shape index (κ2) is 9.62. The molecular formula is C22H25N5O. The number of hydrogen-bond donors (Lipinski definition) is 2. The van der Waals surface area contributed by atoms with E-state index in [0.29, 0.717) is 11.9 Å². The second-order valence-electron chi connectivity index (χ2n) is 6.81. The van der Waals surface area contributed by atoms with Gasteiger partial charge in [0.25, 0.3) is 5.91 Å². The minimum absolute atomic E-state index is 0.277. The number of para-hydroxylation sites is 1. The molecule has 1 aromatic heterocycles. The molecule has 0 spiro atoms. The molecule has 6 nitrogen and oxygen atoms in total. The highest BCUT2D eigenvalue weighted by Crippen LogP contribution is 2.10. The molecule has 0 saturated heterocycles. The van der Waals surface area contributed by atoms with Gasteiger partial charge in [-0.3, -0.25) is 4.79 Å². The standard InChI is InChI=1S/C22H25N5O/c1-27(2)19(15-17-9-5-3-6-10-17)16-23-21-14-13-20(25-26-21)22(28)24-18-11-7-4-8-12-18/h3-14,19H,15-16H2,1-2H3,(H,23,26)(H,24,28). The number of nitrogens with one attached hydrogen (secondary N) is 2. The molecule has 6 heteroatoms. The van der Waals surface area contributed by atoms with Crippen molar-refractivity contribution in [2.24, 2.45) is 0 Å². The van der Waals surface area contributed by atoms with Gasteiger partial charge in [-0.1, -0.05) is 48.5 Å². The molecule has 0 saturated carbocycles. The summed E-state index contributed by atoms with van der Waals surface area (Å²) in [7, 11) is 4.13. The SMILES string of the molecule is CN(C)C(CNc1ccc(C(=O)Nc2ccccc2)nn1)Cc1ccccc1. The van der Waals surface area contributed by atoms with Crippen LogP contribution in [0.25, 0.3) is 0 Å². The highest BCUT2D eigenvalue weighted by Gasteiger charge is 2.13. The van der Waals surface area contributed by atoms with E-state index in [0.717, 1.165) is 18.7 Å². The third kappa shape index (κ3) is 5.62. The maximum Gasteiger partial charge on any atom is 0.276 e. The number of likely N-dealkylation sites (N-methyl/N-ethyl adjacent to an activating group) is 1. The molecule has 28 heavy (non-hydrogen) atoms. The molecule has 1 heterocycles. The molecule has 144 valence electrons. The van der Waals surface area contributed by atoms with Gasteiger partial charge in [-0.2, -0.15) is 0 Å². The Morgan fingerprint density at radius 1 is 0.929 bits per heavy atom. The van der Waals surface area contributed by atoms with E-state index in [2.05, 4.69) is 64.1 Å². The van der Waals surface area contributed by atoms with E-state index in [1.54, 1.807) is 12.1 Å².